The maximum atomic E-state index is 12.4. The number of halogens is 1. The molecule has 0 saturated heterocycles. The van der Waals surface area contributed by atoms with Gasteiger partial charge in [0.1, 0.15) is 5.15 Å². The third-order valence-corrected chi connectivity index (χ3v) is 6.91. The summed E-state index contributed by atoms with van der Waals surface area (Å²) in [6, 6.07) is -0.0617. The van der Waals surface area contributed by atoms with E-state index in [0.29, 0.717) is 11.8 Å². The van der Waals surface area contributed by atoms with Gasteiger partial charge in [-0.1, -0.05) is 18.0 Å². The molecule has 0 amide bonds. The maximum absolute atomic E-state index is 12.4. The van der Waals surface area contributed by atoms with E-state index in [9.17, 15) is 8.42 Å². The number of hydrogen-bond donors (Lipinski definition) is 1. The van der Waals surface area contributed by atoms with Crippen molar-refractivity contribution in [1.82, 2.24) is 14.3 Å². The molecular weight excluding hydrogens is 298 g/mol. The Hall–Kier alpha value is -0.590. The first kappa shape index (κ1) is 14.4. The highest BCUT2D eigenvalue weighted by molar-refractivity contribution is 7.89. The molecule has 0 radical (unpaired) electrons. The fourth-order valence-electron chi connectivity index (χ4n) is 3.87. The summed E-state index contributed by atoms with van der Waals surface area (Å²) < 4.78 is 29.0. The number of hydrogen-bond acceptors (Lipinski definition) is 3. The first-order valence-electron chi connectivity index (χ1n) is 7.07. The first-order valence-corrected chi connectivity index (χ1v) is 8.93. The van der Waals surface area contributed by atoms with Gasteiger partial charge in [0.15, 0.2) is 0 Å². The minimum atomic E-state index is -3.64. The molecule has 1 aromatic rings. The quantitative estimate of drug-likeness (QED) is 0.925. The lowest BCUT2D eigenvalue weighted by atomic mass is 9.84. The highest BCUT2D eigenvalue weighted by Gasteiger charge is 2.43. The fraction of sp³-hybridized carbons (Fsp3) is 0.769. The summed E-state index contributed by atoms with van der Waals surface area (Å²) >= 11 is 5.98. The van der Waals surface area contributed by atoms with Crippen LogP contribution in [0.1, 0.15) is 32.6 Å². The predicted molar refractivity (Wildman–Crippen MR) is 76.9 cm³/mol. The van der Waals surface area contributed by atoms with E-state index in [1.165, 1.54) is 30.2 Å². The standard InChI is InChI=1S/C13H20ClN3O2S/c1-8(11-6-9-3-4-10(11)5-9)16-20(18,19)13-12(14)17(2)7-15-13/h7-11,16H,3-6H2,1-2H3. The van der Waals surface area contributed by atoms with E-state index in [1.807, 2.05) is 6.92 Å². The molecule has 2 bridgehead atoms. The Labute approximate surface area is 124 Å². The average Bonchev–Trinajstić information content (AvgIpc) is 3.06. The molecule has 1 heterocycles. The second-order valence-electron chi connectivity index (χ2n) is 6.20. The molecule has 5 nitrogen and oxygen atoms in total. The van der Waals surface area contributed by atoms with Gasteiger partial charge in [-0.05, 0) is 43.9 Å². The summed E-state index contributed by atoms with van der Waals surface area (Å²) in [6.45, 7) is 1.96. The zero-order chi connectivity index (χ0) is 14.5. The smallest absolute Gasteiger partial charge is 0.261 e. The number of imidazole rings is 1. The lowest BCUT2D eigenvalue weighted by Crippen LogP contribution is -2.40. The molecule has 20 heavy (non-hydrogen) atoms. The molecule has 4 atom stereocenters. The van der Waals surface area contributed by atoms with Crippen LogP contribution < -0.4 is 4.72 Å². The third kappa shape index (κ3) is 2.38. The summed E-state index contributed by atoms with van der Waals surface area (Å²) in [5.41, 5.74) is 0. The molecule has 0 aromatic carbocycles. The zero-order valence-corrected chi connectivity index (χ0v) is 13.3. The van der Waals surface area contributed by atoms with E-state index in [4.69, 9.17) is 11.6 Å². The van der Waals surface area contributed by atoms with Crippen LogP contribution in [0.4, 0.5) is 0 Å². The molecule has 2 aliphatic carbocycles. The lowest BCUT2D eigenvalue weighted by molar-refractivity contribution is 0.280. The highest BCUT2D eigenvalue weighted by Crippen LogP contribution is 2.49. The van der Waals surface area contributed by atoms with Gasteiger partial charge in [-0.3, -0.25) is 0 Å². The van der Waals surface area contributed by atoms with Crippen molar-refractivity contribution in [2.24, 2.45) is 24.8 Å². The van der Waals surface area contributed by atoms with Crippen molar-refractivity contribution < 1.29 is 8.42 Å². The number of rotatable bonds is 4. The topological polar surface area (TPSA) is 64.0 Å². The minimum Gasteiger partial charge on any atom is -0.324 e. The molecule has 7 heteroatoms. The van der Waals surface area contributed by atoms with Gasteiger partial charge in [-0.15, -0.1) is 0 Å². The number of nitrogens with zero attached hydrogens (tertiary/aromatic N) is 2. The van der Waals surface area contributed by atoms with E-state index in [-0.39, 0.29) is 16.2 Å². The van der Waals surface area contributed by atoms with Crippen molar-refractivity contribution in [2.75, 3.05) is 0 Å². The Morgan fingerprint density at radius 1 is 1.45 bits per heavy atom. The van der Waals surface area contributed by atoms with Gasteiger partial charge in [0.05, 0.1) is 6.33 Å². The highest BCUT2D eigenvalue weighted by atomic mass is 35.5. The van der Waals surface area contributed by atoms with Gasteiger partial charge in [-0.25, -0.2) is 18.1 Å². The Bertz CT molecular complexity index is 613. The molecule has 3 rings (SSSR count). The van der Waals surface area contributed by atoms with E-state index in [1.54, 1.807) is 7.05 Å². The fourth-order valence-corrected chi connectivity index (χ4v) is 5.59. The van der Waals surface area contributed by atoms with Crippen molar-refractivity contribution in [3.05, 3.63) is 11.5 Å². The van der Waals surface area contributed by atoms with Crippen molar-refractivity contribution in [1.29, 1.82) is 0 Å². The van der Waals surface area contributed by atoms with Crippen LogP contribution in [0.5, 0.6) is 0 Å². The van der Waals surface area contributed by atoms with Crippen LogP contribution >= 0.6 is 11.6 Å². The largest absolute Gasteiger partial charge is 0.324 e. The minimum absolute atomic E-state index is 0.0617. The molecule has 0 spiro atoms. The van der Waals surface area contributed by atoms with Crippen LogP contribution in [0.15, 0.2) is 11.4 Å². The van der Waals surface area contributed by atoms with Crippen LogP contribution in [-0.4, -0.2) is 24.0 Å². The molecular formula is C13H20ClN3O2S. The number of aryl methyl sites for hydroxylation is 1. The molecule has 4 unspecified atom stereocenters. The molecule has 1 N–H and O–H groups in total. The van der Waals surface area contributed by atoms with E-state index >= 15 is 0 Å². The second-order valence-corrected chi connectivity index (χ2v) is 8.19. The van der Waals surface area contributed by atoms with E-state index < -0.39 is 10.0 Å². The molecule has 2 aliphatic rings. The molecule has 2 saturated carbocycles. The van der Waals surface area contributed by atoms with Crippen molar-refractivity contribution in [2.45, 2.75) is 43.7 Å². The van der Waals surface area contributed by atoms with Crippen molar-refractivity contribution in [3.8, 4) is 0 Å². The predicted octanol–water partition coefficient (Wildman–Crippen LogP) is 2.18. The van der Waals surface area contributed by atoms with Gasteiger partial charge in [0.25, 0.3) is 10.0 Å². The van der Waals surface area contributed by atoms with Gasteiger partial charge in [0, 0.05) is 13.1 Å². The van der Waals surface area contributed by atoms with Crippen LogP contribution in [0.2, 0.25) is 5.15 Å². The monoisotopic (exact) mass is 317 g/mol. The molecule has 2 fully saturated rings. The number of aromatic nitrogens is 2. The summed E-state index contributed by atoms with van der Waals surface area (Å²) in [5.74, 6) is 1.93. The SMILES string of the molecule is CC(NS(=O)(=O)c1ncn(C)c1Cl)C1CC2CCC1C2. The summed E-state index contributed by atoms with van der Waals surface area (Å²) in [7, 11) is -1.96. The average molecular weight is 318 g/mol. The second kappa shape index (κ2) is 5.00. The van der Waals surface area contributed by atoms with Gasteiger partial charge >= 0.3 is 0 Å². The molecule has 112 valence electrons. The molecule has 1 aromatic heterocycles. The normalized spacial score (nSPS) is 30.9. The van der Waals surface area contributed by atoms with Crippen LogP contribution in [0.3, 0.4) is 0 Å². The number of fused-ring (bicyclic) bond motifs is 2. The summed E-state index contributed by atoms with van der Waals surface area (Å²) in [6.07, 6.45) is 6.38. The Morgan fingerprint density at radius 3 is 2.70 bits per heavy atom. The third-order valence-electron chi connectivity index (χ3n) is 4.86. The van der Waals surface area contributed by atoms with Gasteiger partial charge in [-0.2, -0.15) is 0 Å². The maximum Gasteiger partial charge on any atom is 0.261 e. The van der Waals surface area contributed by atoms with Crippen molar-refractivity contribution in [3.63, 3.8) is 0 Å². The Morgan fingerprint density at radius 2 is 2.20 bits per heavy atom. The number of sulfonamides is 1. The molecule has 0 aliphatic heterocycles. The van der Waals surface area contributed by atoms with Gasteiger partial charge < -0.3 is 4.57 Å². The number of nitrogens with one attached hydrogen (secondary N) is 1. The Balaban J connectivity index is 1.75. The summed E-state index contributed by atoms with van der Waals surface area (Å²) in [5, 5.41) is 0.0781. The van der Waals surface area contributed by atoms with Crippen LogP contribution in [0.25, 0.3) is 0 Å². The van der Waals surface area contributed by atoms with Crippen LogP contribution in [0, 0.1) is 17.8 Å². The van der Waals surface area contributed by atoms with E-state index in [2.05, 4.69) is 9.71 Å². The zero-order valence-electron chi connectivity index (χ0n) is 11.7. The van der Waals surface area contributed by atoms with Gasteiger partial charge in [0.2, 0.25) is 5.03 Å². The first-order chi connectivity index (χ1) is 9.38. The lowest BCUT2D eigenvalue weighted by Gasteiger charge is -2.28. The Kier molecular flexibility index (Phi) is 3.59. The van der Waals surface area contributed by atoms with Crippen LogP contribution in [-0.2, 0) is 17.1 Å². The van der Waals surface area contributed by atoms with Crippen molar-refractivity contribution >= 4 is 21.6 Å². The summed E-state index contributed by atoms with van der Waals surface area (Å²) in [4.78, 5) is 3.90. The van der Waals surface area contributed by atoms with E-state index in [0.717, 1.165) is 12.3 Å².